The average Bonchev–Trinajstić information content (AvgIpc) is 2.46. The zero-order chi connectivity index (χ0) is 13.9. The number of ether oxygens (including phenoxy) is 1. The third kappa shape index (κ3) is 2.97. The van der Waals surface area contributed by atoms with E-state index >= 15 is 0 Å². The third-order valence-corrected chi connectivity index (χ3v) is 3.78. The Bertz CT molecular complexity index is 662. The third-order valence-electron chi connectivity index (χ3n) is 3.54. The van der Waals surface area contributed by atoms with Crippen molar-refractivity contribution in [2.24, 2.45) is 5.92 Å². The van der Waals surface area contributed by atoms with E-state index in [-0.39, 0.29) is 0 Å². The van der Waals surface area contributed by atoms with Gasteiger partial charge in [0.25, 0.3) is 0 Å². The highest BCUT2D eigenvalue weighted by Crippen LogP contribution is 2.27. The van der Waals surface area contributed by atoms with Crippen LogP contribution in [0.1, 0.15) is 12.8 Å². The van der Waals surface area contributed by atoms with Crippen molar-refractivity contribution in [3.8, 4) is 5.75 Å². The first-order chi connectivity index (χ1) is 9.72. The Morgan fingerprint density at radius 3 is 3.10 bits per heavy atom. The van der Waals surface area contributed by atoms with E-state index in [0.29, 0.717) is 28.9 Å². The van der Waals surface area contributed by atoms with Gasteiger partial charge < -0.3 is 14.5 Å². The summed E-state index contributed by atoms with van der Waals surface area (Å²) >= 11 is 5.99. The molecule has 3 rings (SSSR count). The highest BCUT2D eigenvalue weighted by molar-refractivity contribution is 6.31. The lowest BCUT2D eigenvalue weighted by Gasteiger charge is -2.22. The van der Waals surface area contributed by atoms with E-state index in [1.807, 2.05) is 0 Å². The molecule has 0 bridgehead atoms. The van der Waals surface area contributed by atoms with Gasteiger partial charge in [-0.1, -0.05) is 11.6 Å². The summed E-state index contributed by atoms with van der Waals surface area (Å²) in [4.78, 5) is 11.5. The molecule has 1 aromatic heterocycles. The largest absolute Gasteiger partial charge is 0.492 e. The van der Waals surface area contributed by atoms with Crippen LogP contribution >= 0.6 is 11.6 Å². The van der Waals surface area contributed by atoms with Crippen LogP contribution in [0, 0.1) is 5.92 Å². The number of rotatable bonds is 3. The van der Waals surface area contributed by atoms with Crippen LogP contribution in [0.2, 0.25) is 5.02 Å². The van der Waals surface area contributed by atoms with E-state index < -0.39 is 5.63 Å². The van der Waals surface area contributed by atoms with Gasteiger partial charge in [-0.3, -0.25) is 0 Å². The normalized spacial score (nSPS) is 19.1. The lowest BCUT2D eigenvalue weighted by Crippen LogP contribution is -2.33. The Balaban J connectivity index is 1.85. The number of piperidine rings is 1. The maximum absolute atomic E-state index is 11.5. The van der Waals surface area contributed by atoms with Gasteiger partial charge in [0.2, 0.25) is 0 Å². The van der Waals surface area contributed by atoms with Crippen molar-refractivity contribution >= 4 is 22.6 Å². The van der Waals surface area contributed by atoms with E-state index in [9.17, 15) is 4.79 Å². The van der Waals surface area contributed by atoms with E-state index in [1.165, 1.54) is 6.07 Å². The second-order valence-electron chi connectivity index (χ2n) is 5.09. The predicted molar refractivity (Wildman–Crippen MR) is 78.6 cm³/mol. The molecular weight excluding hydrogens is 278 g/mol. The quantitative estimate of drug-likeness (QED) is 0.884. The van der Waals surface area contributed by atoms with Crippen molar-refractivity contribution in [3.05, 3.63) is 39.7 Å². The van der Waals surface area contributed by atoms with Crippen molar-refractivity contribution in [3.63, 3.8) is 0 Å². The van der Waals surface area contributed by atoms with Gasteiger partial charge in [-0.15, -0.1) is 0 Å². The Kier molecular flexibility index (Phi) is 3.94. The number of nitrogens with one attached hydrogen (secondary N) is 1. The molecular formula is C15H16ClNO3. The van der Waals surface area contributed by atoms with Crippen LogP contribution in [0.25, 0.3) is 11.0 Å². The van der Waals surface area contributed by atoms with Crippen LogP contribution < -0.4 is 15.7 Å². The molecule has 0 saturated carbocycles. The summed E-state index contributed by atoms with van der Waals surface area (Å²) in [6.45, 7) is 2.63. The average molecular weight is 294 g/mol. The molecule has 0 spiro atoms. The first-order valence-electron chi connectivity index (χ1n) is 6.79. The van der Waals surface area contributed by atoms with Crippen molar-refractivity contribution in [1.29, 1.82) is 0 Å². The van der Waals surface area contributed by atoms with Crippen molar-refractivity contribution in [2.45, 2.75) is 12.8 Å². The monoisotopic (exact) mass is 293 g/mol. The smallest absolute Gasteiger partial charge is 0.339 e. The maximum Gasteiger partial charge on any atom is 0.339 e. The van der Waals surface area contributed by atoms with Gasteiger partial charge in [0.1, 0.15) is 11.3 Å². The second-order valence-corrected chi connectivity index (χ2v) is 5.53. The SMILES string of the molecule is O=c1cc(OCC2CCCNC2)c2cc(Cl)ccc2o1. The number of hydrogen-bond acceptors (Lipinski definition) is 4. The summed E-state index contributed by atoms with van der Waals surface area (Å²) in [6, 6.07) is 6.53. The molecule has 20 heavy (non-hydrogen) atoms. The molecule has 2 heterocycles. The second kappa shape index (κ2) is 5.85. The first kappa shape index (κ1) is 13.5. The molecule has 2 aromatic rings. The molecule has 1 aromatic carbocycles. The van der Waals surface area contributed by atoms with Gasteiger partial charge in [0, 0.05) is 17.5 Å². The molecule has 0 aliphatic carbocycles. The number of fused-ring (bicyclic) bond motifs is 1. The number of benzene rings is 1. The van der Waals surface area contributed by atoms with E-state index in [1.54, 1.807) is 18.2 Å². The van der Waals surface area contributed by atoms with Crippen LogP contribution in [0.15, 0.2) is 33.5 Å². The summed E-state index contributed by atoms with van der Waals surface area (Å²) in [7, 11) is 0. The summed E-state index contributed by atoms with van der Waals surface area (Å²) in [5.41, 5.74) is 0.0928. The molecule has 4 nitrogen and oxygen atoms in total. The van der Waals surface area contributed by atoms with E-state index in [0.717, 1.165) is 31.3 Å². The van der Waals surface area contributed by atoms with Gasteiger partial charge in [0.15, 0.2) is 0 Å². The summed E-state index contributed by atoms with van der Waals surface area (Å²) in [6.07, 6.45) is 2.31. The molecule has 1 fully saturated rings. The minimum absolute atomic E-state index is 0.406. The highest BCUT2D eigenvalue weighted by atomic mass is 35.5. The molecule has 1 atom stereocenters. The number of hydrogen-bond donors (Lipinski definition) is 1. The predicted octanol–water partition coefficient (Wildman–Crippen LogP) is 2.82. The zero-order valence-corrected chi connectivity index (χ0v) is 11.8. The molecule has 0 radical (unpaired) electrons. The Labute approximate surface area is 121 Å². The maximum atomic E-state index is 11.5. The van der Waals surface area contributed by atoms with Gasteiger partial charge in [-0.05, 0) is 37.6 Å². The fraction of sp³-hybridized carbons (Fsp3) is 0.400. The zero-order valence-electron chi connectivity index (χ0n) is 11.0. The summed E-state index contributed by atoms with van der Waals surface area (Å²) < 4.78 is 11.0. The molecule has 0 amide bonds. The topological polar surface area (TPSA) is 51.5 Å². The van der Waals surface area contributed by atoms with E-state index in [2.05, 4.69) is 5.32 Å². The minimum atomic E-state index is -0.406. The molecule has 5 heteroatoms. The molecule has 1 unspecified atom stereocenters. The van der Waals surface area contributed by atoms with Gasteiger partial charge in [-0.25, -0.2) is 4.79 Å². The van der Waals surface area contributed by atoms with Gasteiger partial charge >= 0.3 is 5.63 Å². The van der Waals surface area contributed by atoms with Crippen LogP contribution in [0.4, 0.5) is 0 Å². The Morgan fingerprint density at radius 1 is 1.40 bits per heavy atom. The standard InChI is InChI=1S/C15H16ClNO3/c16-11-3-4-13-12(6-11)14(7-15(18)20-13)19-9-10-2-1-5-17-8-10/h3-4,6-7,10,17H,1-2,5,8-9H2. The first-order valence-corrected chi connectivity index (χ1v) is 7.17. The van der Waals surface area contributed by atoms with Crippen molar-refractivity contribution in [2.75, 3.05) is 19.7 Å². The highest BCUT2D eigenvalue weighted by Gasteiger charge is 2.15. The van der Waals surface area contributed by atoms with Crippen molar-refractivity contribution in [1.82, 2.24) is 5.32 Å². The van der Waals surface area contributed by atoms with Crippen LogP contribution in [0.5, 0.6) is 5.75 Å². The fourth-order valence-electron chi connectivity index (χ4n) is 2.50. The van der Waals surface area contributed by atoms with Crippen LogP contribution in [-0.2, 0) is 0 Å². The summed E-state index contributed by atoms with van der Waals surface area (Å²) in [5.74, 6) is 1.02. The molecule has 1 saturated heterocycles. The minimum Gasteiger partial charge on any atom is -0.492 e. The van der Waals surface area contributed by atoms with Gasteiger partial charge in [-0.2, -0.15) is 0 Å². The Hall–Kier alpha value is -1.52. The summed E-state index contributed by atoms with van der Waals surface area (Å²) in [5, 5.41) is 4.68. The molecule has 1 N–H and O–H groups in total. The number of halogens is 1. The van der Waals surface area contributed by atoms with E-state index in [4.69, 9.17) is 20.8 Å². The van der Waals surface area contributed by atoms with Crippen LogP contribution in [-0.4, -0.2) is 19.7 Å². The molecule has 1 aliphatic rings. The lowest BCUT2D eigenvalue weighted by atomic mass is 10.0. The fourth-order valence-corrected chi connectivity index (χ4v) is 2.67. The Morgan fingerprint density at radius 2 is 2.30 bits per heavy atom. The molecule has 106 valence electrons. The molecule has 1 aliphatic heterocycles. The van der Waals surface area contributed by atoms with Gasteiger partial charge in [0.05, 0.1) is 18.1 Å². The van der Waals surface area contributed by atoms with Crippen LogP contribution in [0.3, 0.4) is 0 Å². The lowest BCUT2D eigenvalue weighted by molar-refractivity contribution is 0.219. The van der Waals surface area contributed by atoms with Crippen molar-refractivity contribution < 1.29 is 9.15 Å².